The monoisotopic (exact) mass is 552 g/mol. The van der Waals surface area contributed by atoms with E-state index in [-0.39, 0.29) is 30.9 Å². The first-order valence-electron chi connectivity index (χ1n) is 12.3. The summed E-state index contributed by atoms with van der Waals surface area (Å²) in [6, 6.07) is 3.13. The van der Waals surface area contributed by atoms with Gasteiger partial charge in [-0.15, -0.1) is 0 Å². The first kappa shape index (κ1) is 29.5. The van der Waals surface area contributed by atoms with Gasteiger partial charge < -0.3 is 20.6 Å². The first-order chi connectivity index (χ1) is 18.2. The van der Waals surface area contributed by atoms with Crippen LogP contribution in [-0.2, 0) is 15.8 Å². The van der Waals surface area contributed by atoms with E-state index in [9.17, 15) is 37.5 Å². The Hall–Kier alpha value is -4.10. The molecule has 1 fully saturated rings. The van der Waals surface area contributed by atoms with Gasteiger partial charge >= 0.3 is 18.3 Å². The quantitative estimate of drug-likeness (QED) is 0.330. The highest BCUT2D eigenvalue weighted by Crippen LogP contribution is 2.38. The van der Waals surface area contributed by atoms with E-state index in [0.717, 1.165) is 29.2 Å². The van der Waals surface area contributed by atoms with E-state index in [1.54, 1.807) is 0 Å². The minimum absolute atomic E-state index is 0.0450. The number of ketones is 1. The zero-order chi connectivity index (χ0) is 29.0. The van der Waals surface area contributed by atoms with E-state index in [4.69, 9.17) is 0 Å². The van der Waals surface area contributed by atoms with E-state index in [2.05, 4.69) is 20.8 Å². The van der Waals surface area contributed by atoms with Crippen LogP contribution < -0.4 is 10.6 Å². The van der Waals surface area contributed by atoms with Gasteiger partial charge in [0.2, 0.25) is 5.78 Å². The number of likely N-dealkylation sites (tertiary alicyclic amines) is 1. The number of carbonyl (C=O) groups excluding carboxylic acids is 3. The highest BCUT2D eigenvalue weighted by atomic mass is 19.4. The number of alkyl halides is 3. The average Bonchev–Trinajstić information content (AvgIpc) is 3.47. The van der Waals surface area contributed by atoms with Gasteiger partial charge in [0.25, 0.3) is 5.91 Å². The SMILES string of the molecule is CCCC[C@@H](C(=O)C(=O)Nc1ccn[nH]1)N(C(=O)O)C1CC(C)(C)CN1C(=O)Nc1ccc(C(F)(F)F)cc1. The number of anilines is 2. The van der Waals surface area contributed by atoms with Crippen molar-refractivity contribution in [2.24, 2.45) is 5.41 Å². The number of aromatic nitrogens is 2. The number of unbranched alkanes of at least 4 members (excludes halogenated alkanes) is 1. The van der Waals surface area contributed by atoms with Gasteiger partial charge in [-0.3, -0.25) is 19.6 Å². The molecule has 1 unspecified atom stereocenters. The summed E-state index contributed by atoms with van der Waals surface area (Å²) in [6.45, 7) is 5.58. The number of rotatable bonds is 9. The van der Waals surface area contributed by atoms with Crippen molar-refractivity contribution in [1.29, 1.82) is 0 Å². The molecule has 4 amide bonds. The fraction of sp³-hybridized carbons (Fsp3) is 0.480. The van der Waals surface area contributed by atoms with Gasteiger partial charge in [0, 0.05) is 18.3 Å². The molecule has 0 saturated carbocycles. The van der Waals surface area contributed by atoms with Crippen LogP contribution in [0.2, 0.25) is 0 Å². The Balaban J connectivity index is 1.88. The van der Waals surface area contributed by atoms with Crippen LogP contribution in [0.3, 0.4) is 0 Å². The number of aromatic amines is 1. The molecule has 0 bridgehead atoms. The van der Waals surface area contributed by atoms with Crippen LogP contribution in [0.1, 0.15) is 52.0 Å². The van der Waals surface area contributed by atoms with Crippen LogP contribution in [-0.4, -0.2) is 67.7 Å². The van der Waals surface area contributed by atoms with Crippen LogP contribution in [0.5, 0.6) is 0 Å². The lowest BCUT2D eigenvalue weighted by molar-refractivity contribution is -0.139. The zero-order valence-electron chi connectivity index (χ0n) is 21.7. The van der Waals surface area contributed by atoms with Gasteiger partial charge in [0.15, 0.2) is 0 Å². The van der Waals surface area contributed by atoms with E-state index in [1.165, 1.54) is 17.2 Å². The van der Waals surface area contributed by atoms with E-state index in [1.807, 2.05) is 20.8 Å². The molecule has 212 valence electrons. The third-order valence-electron chi connectivity index (χ3n) is 6.40. The molecule has 1 aliphatic heterocycles. The summed E-state index contributed by atoms with van der Waals surface area (Å²) in [5.41, 5.74) is -1.37. The lowest BCUT2D eigenvalue weighted by Crippen LogP contribution is -2.58. The van der Waals surface area contributed by atoms with Crippen molar-refractivity contribution in [3.8, 4) is 0 Å². The number of nitrogens with zero attached hydrogens (tertiary/aromatic N) is 3. The number of benzene rings is 1. The predicted molar refractivity (Wildman–Crippen MR) is 135 cm³/mol. The number of amides is 4. The fourth-order valence-corrected chi connectivity index (χ4v) is 4.55. The average molecular weight is 553 g/mol. The van der Waals surface area contributed by atoms with E-state index in [0.29, 0.717) is 12.8 Å². The van der Waals surface area contributed by atoms with E-state index < -0.39 is 53.2 Å². The van der Waals surface area contributed by atoms with Gasteiger partial charge in [-0.05, 0) is 42.5 Å². The molecule has 39 heavy (non-hydrogen) atoms. The second-order valence-electron chi connectivity index (χ2n) is 10.1. The summed E-state index contributed by atoms with van der Waals surface area (Å²) in [5.74, 6) is -1.87. The van der Waals surface area contributed by atoms with Crippen molar-refractivity contribution in [3.63, 3.8) is 0 Å². The molecule has 4 N–H and O–H groups in total. The molecule has 1 saturated heterocycles. The number of carbonyl (C=O) groups is 4. The molecule has 1 aliphatic rings. The van der Waals surface area contributed by atoms with Crippen molar-refractivity contribution < 1.29 is 37.5 Å². The number of carboxylic acid groups (broad SMARTS) is 1. The van der Waals surface area contributed by atoms with Crippen LogP contribution in [0.4, 0.5) is 34.3 Å². The number of urea groups is 1. The lowest BCUT2D eigenvalue weighted by Gasteiger charge is -2.37. The van der Waals surface area contributed by atoms with Crippen LogP contribution in [0.15, 0.2) is 36.5 Å². The molecule has 2 aromatic rings. The Labute approximate surface area is 222 Å². The summed E-state index contributed by atoms with van der Waals surface area (Å²) >= 11 is 0. The van der Waals surface area contributed by atoms with Crippen LogP contribution in [0.25, 0.3) is 0 Å². The summed E-state index contributed by atoms with van der Waals surface area (Å²) in [6.07, 6.45) is -4.52. The van der Waals surface area contributed by atoms with Crippen molar-refractivity contribution in [2.45, 2.75) is 64.8 Å². The third-order valence-corrected chi connectivity index (χ3v) is 6.40. The summed E-state index contributed by atoms with van der Waals surface area (Å²) in [5, 5.41) is 21.3. The molecule has 2 atom stereocenters. The van der Waals surface area contributed by atoms with Crippen molar-refractivity contribution in [3.05, 3.63) is 42.1 Å². The number of hydrogen-bond acceptors (Lipinski definition) is 5. The number of Topliss-reactive ketones (excluding diaryl/α,β-unsaturated/α-hetero) is 1. The minimum atomic E-state index is -4.54. The standard InChI is InChI=1S/C25H31F3N6O5/c1-4-5-6-17(20(35)21(36)31-18-11-12-29-32-18)34(23(38)39)19-13-24(2,3)14-33(19)22(37)30-16-9-7-15(8-10-16)25(26,27)28/h7-12,17,19H,4-6,13-14H2,1-3H3,(H,30,37)(H,38,39)(H2,29,31,32,36)/t17-,19?/m0/s1. The number of nitrogens with one attached hydrogen (secondary N) is 3. The molecular formula is C25H31F3N6O5. The van der Waals surface area contributed by atoms with Crippen molar-refractivity contribution in [2.75, 3.05) is 17.2 Å². The molecule has 14 heteroatoms. The molecule has 0 spiro atoms. The van der Waals surface area contributed by atoms with Crippen molar-refractivity contribution in [1.82, 2.24) is 20.0 Å². The fourth-order valence-electron chi connectivity index (χ4n) is 4.55. The second kappa shape index (κ2) is 11.7. The summed E-state index contributed by atoms with van der Waals surface area (Å²) in [7, 11) is 0. The maximum atomic E-state index is 13.3. The molecule has 0 radical (unpaired) electrons. The summed E-state index contributed by atoms with van der Waals surface area (Å²) < 4.78 is 38.7. The van der Waals surface area contributed by atoms with Gasteiger partial charge in [0.1, 0.15) is 18.0 Å². The maximum Gasteiger partial charge on any atom is 0.416 e. The molecular weight excluding hydrogens is 521 g/mol. The molecule has 1 aromatic carbocycles. The Morgan fingerprint density at radius 3 is 2.38 bits per heavy atom. The lowest BCUT2D eigenvalue weighted by atomic mass is 9.91. The topological polar surface area (TPSA) is 148 Å². The third kappa shape index (κ3) is 7.27. The molecule has 2 heterocycles. The number of halogens is 3. The van der Waals surface area contributed by atoms with Gasteiger partial charge in [0.05, 0.1) is 11.8 Å². The smallest absolute Gasteiger partial charge is 0.416 e. The Morgan fingerprint density at radius 2 is 1.85 bits per heavy atom. The van der Waals surface area contributed by atoms with Crippen molar-refractivity contribution >= 4 is 35.3 Å². The van der Waals surface area contributed by atoms with Gasteiger partial charge in [-0.25, -0.2) is 9.59 Å². The number of H-pyrrole nitrogens is 1. The Morgan fingerprint density at radius 1 is 1.18 bits per heavy atom. The molecule has 11 nitrogen and oxygen atoms in total. The number of hydrogen-bond donors (Lipinski definition) is 4. The first-order valence-corrected chi connectivity index (χ1v) is 12.3. The second-order valence-corrected chi connectivity index (χ2v) is 10.1. The highest BCUT2D eigenvalue weighted by Gasteiger charge is 2.48. The highest BCUT2D eigenvalue weighted by molar-refractivity contribution is 6.42. The predicted octanol–water partition coefficient (Wildman–Crippen LogP) is 4.77. The largest absolute Gasteiger partial charge is 0.465 e. The van der Waals surface area contributed by atoms with E-state index >= 15 is 0 Å². The molecule has 3 rings (SSSR count). The van der Waals surface area contributed by atoms with Gasteiger partial charge in [-0.2, -0.15) is 18.3 Å². The zero-order valence-corrected chi connectivity index (χ0v) is 21.7. The maximum absolute atomic E-state index is 13.3. The Kier molecular flexibility index (Phi) is 8.87. The summed E-state index contributed by atoms with van der Waals surface area (Å²) in [4.78, 5) is 53.9. The minimum Gasteiger partial charge on any atom is -0.465 e. The molecule has 0 aliphatic carbocycles. The normalized spacial score (nSPS) is 17.4. The molecule has 1 aromatic heterocycles. The van der Waals surface area contributed by atoms with Crippen LogP contribution in [0, 0.1) is 5.41 Å². The Bertz CT molecular complexity index is 1180. The van der Waals surface area contributed by atoms with Crippen LogP contribution >= 0.6 is 0 Å². The van der Waals surface area contributed by atoms with Gasteiger partial charge in [-0.1, -0.05) is 33.6 Å².